The summed E-state index contributed by atoms with van der Waals surface area (Å²) in [6.07, 6.45) is 6.62. The van der Waals surface area contributed by atoms with E-state index in [2.05, 4.69) is 37.3 Å². The van der Waals surface area contributed by atoms with E-state index in [-0.39, 0.29) is 0 Å². The predicted octanol–water partition coefficient (Wildman–Crippen LogP) is 2.62. The van der Waals surface area contributed by atoms with Gasteiger partial charge in [0.1, 0.15) is 11.5 Å². The number of dihydropyridines is 1. The molecule has 8 heteroatoms. The fourth-order valence-electron chi connectivity index (χ4n) is 4.26. The van der Waals surface area contributed by atoms with E-state index in [9.17, 15) is 5.11 Å². The van der Waals surface area contributed by atoms with Gasteiger partial charge in [-0.25, -0.2) is 9.97 Å². The number of benzene rings is 1. The number of rotatable bonds is 3. The Morgan fingerprint density at radius 1 is 1.13 bits per heavy atom. The molecule has 4 N–H and O–H groups in total. The number of fused-ring (bicyclic) bond motifs is 2. The minimum absolute atomic E-state index is 0.652. The Labute approximate surface area is 178 Å². The van der Waals surface area contributed by atoms with Crippen LogP contribution in [0.3, 0.4) is 0 Å². The number of hydrogen-bond acceptors (Lipinski definition) is 6. The van der Waals surface area contributed by atoms with Gasteiger partial charge in [-0.2, -0.15) is 0 Å². The highest BCUT2D eigenvalue weighted by Crippen LogP contribution is 2.31. The lowest BCUT2D eigenvalue weighted by Crippen LogP contribution is -2.36. The summed E-state index contributed by atoms with van der Waals surface area (Å²) >= 11 is 0. The summed E-state index contributed by atoms with van der Waals surface area (Å²) in [5, 5.41) is 14.7. The Bertz CT molecular complexity index is 1330. The average molecular weight is 414 g/mol. The molecule has 4 aromatic rings. The van der Waals surface area contributed by atoms with E-state index in [0.717, 1.165) is 65.2 Å². The van der Waals surface area contributed by atoms with Crippen molar-refractivity contribution in [2.24, 2.45) is 0 Å². The molecule has 0 amide bonds. The van der Waals surface area contributed by atoms with E-state index in [1.165, 1.54) is 0 Å². The number of anilines is 1. The summed E-state index contributed by atoms with van der Waals surface area (Å²) in [6.45, 7) is 3.24. The quantitative estimate of drug-likeness (QED) is 0.411. The van der Waals surface area contributed by atoms with Gasteiger partial charge < -0.3 is 30.0 Å². The number of aromatic nitrogens is 4. The minimum Gasteiger partial charge on any atom is -0.378 e. The predicted molar refractivity (Wildman–Crippen MR) is 120 cm³/mol. The molecule has 2 aliphatic rings. The second kappa shape index (κ2) is 7.26. The van der Waals surface area contributed by atoms with Crippen molar-refractivity contribution in [3.05, 3.63) is 66.4 Å². The molecule has 6 rings (SSSR count). The van der Waals surface area contributed by atoms with Crippen LogP contribution >= 0.6 is 0 Å². The normalized spacial score (nSPS) is 19.4. The maximum atomic E-state index is 10.6. The molecule has 0 bridgehead atoms. The van der Waals surface area contributed by atoms with E-state index in [4.69, 9.17) is 9.72 Å². The van der Waals surface area contributed by atoms with Crippen molar-refractivity contribution >= 4 is 38.9 Å². The molecular weight excluding hydrogens is 392 g/mol. The molecular formula is C23H22N6O2. The Morgan fingerprint density at radius 2 is 2.03 bits per heavy atom. The summed E-state index contributed by atoms with van der Waals surface area (Å²) in [4.78, 5) is 18.0. The van der Waals surface area contributed by atoms with Crippen LogP contribution in [-0.4, -0.2) is 57.6 Å². The van der Waals surface area contributed by atoms with Crippen LogP contribution in [0, 0.1) is 0 Å². The molecule has 1 fully saturated rings. The maximum absolute atomic E-state index is 10.6. The van der Waals surface area contributed by atoms with Gasteiger partial charge in [0.2, 0.25) is 0 Å². The molecule has 1 atom stereocenters. The standard InChI is InChI=1S/C23H22N6O2/c30-23-18(11-14(13-26-23)16-3-5-24-21-17(16)4-6-25-21)22-27-19-2-1-15(12-20(19)28-22)29-7-9-31-10-8-29/h1-6,11-13,23,26,30H,7-10H2,(H,24,25)(H,27,28). The highest BCUT2D eigenvalue weighted by atomic mass is 16.5. The van der Waals surface area contributed by atoms with E-state index < -0.39 is 6.23 Å². The third-order valence-electron chi connectivity index (χ3n) is 5.89. The Kier molecular flexibility index (Phi) is 4.26. The molecule has 0 aliphatic carbocycles. The number of nitrogens with zero attached hydrogens (tertiary/aromatic N) is 3. The first-order chi connectivity index (χ1) is 15.3. The first-order valence-electron chi connectivity index (χ1n) is 10.4. The van der Waals surface area contributed by atoms with Crippen LogP contribution in [0.15, 0.2) is 55.0 Å². The highest BCUT2D eigenvalue weighted by molar-refractivity contribution is 5.96. The molecule has 156 valence electrons. The number of aromatic amines is 2. The minimum atomic E-state index is -0.841. The van der Waals surface area contributed by atoms with E-state index in [0.29, 0.717) is 11.4 Å². The first kappa shape index (κ1) is 18.2. The second-order valence-corrected chi connectivity index (χ2v) is 7.75. The largest absolute Gasteiger partial charge is 0.378 e. The van der Waals surface area contributed by atoms with Crippen molar-refractivity contribution in [1.29, 1.82) is 0 Å². The summed E-state index contributed by atoms with van der Waals surface area (Å²) in [6, 6.07) is 10.2. The zero-order valence-corrected chi connectivity index (χ0v) is 16.8. The number of allylic oxidation sites excluding steroid dienone is 2. The van der Waals surface area contributed by atoms with Crippen LogP contribution in [0.2, 0.25) is 0 Å². The molecule has 5 heterocycles. The van der Waals surface area contributed by atoms with Crippen LogP contribution in [0.25, 0.3) is 33.2 Å². The third kappa shape index (κ3) is 3.17. The molecule has 2 aliphatic heterocycles. The van der Waals surface area contributed by atoms with Crippen molar-refractivity contribution in [1.82, 2.24) is 25.3 Å². The SMILES string of the molecule is OC1NC=C(c2ccnc3[nH]ccc23)C=C1c1nc2cc(N3CCOCC3)ccc2[nH]1. The fourth-order valence-corrected chi connectivity index (χ4v) is 4.26. The monoisotopic (exact) mass is 414 g/mol. The number of aliphatic hydroxyl groups is 1. The Morgan fingerprint density at radius 3 is 2.94 bits per heavy atom. The molecule has 1 aromatic carbocycles. The van der Waals surface area contributed by atoms with Crippen LogP contribution in [0.5, 0.6) is 0 Å². The molecule has 31 heavy (non-hydrogen) atoms. The van der Waals surface area contributed by atoms with Crippen LogP contribution in [0.4, 0.5) is 5.69 Å². The van der Waals surface area contributed by atoms with Gasteiger partial charge in [0, 0.05) is 48.3 Å². The first-order valence-corrected chi connectivity index (χ1v) is 10.4. The zero-order valence-electron chi connectivity index (χ0n) is 16.8. The Balaban J connectivity index is 1.38. The van der Waals surface area contributed by atoms with Gasteiger partial charge in [0.05, 0.1) is 24.2 Å². The third-order valence-corrected chi connectivity index (χ3v) is 5.89. The number of imidazole rings is 1. The van der Waals surface area contributed by atoms with Crippen LogP contribution < -0.4 is 10.2 Å². The van der Waals surface area contributed by atoms with Crippen molar-refractivity contribution < 1.29 is 9.84 Å². The molecule has 0 spiro atoms. The number of pyridine rings is 1. The lowest BCUT2D eigenvalue weighted by molar-refractivity contribution is 0.122. The molecule has 1 unspecified atom stereocenters. The molecule has 0 radical (unpaired) electrons. The molecule has 0 saturated carbocycles. The van der Waals surface area contributed by atoms with Crippen molar-refractivity contribution in [3.63, 3.8) is 0 Å². The number of H-pyrrole nitrogens is 2. The van der Waals surface area contributed by atoms with Crippen LogP contribution in [0.1, 0.15) is 11.4 Å². The van der Waals surface area contributed by atoms with E-state index in [1.54, 1.807) is 6.20 Å². The number of ether oxygens (including phenoxy) is 1. The smallest absolute Gasteiger partial charge is 0.154 e. The molecule has 1 saturated heterocycles. The number of hydrogen-bond donors (Lipinski definition) is 4. The highest BCUT2D eigenvalue weighted by Gasteiger charge is 2.22. The van der Waals surface area contributed by atoms with E-state index >= 15 is 0 Å². The number of nitrogens with one attached hydrogen (secondary N) is 3. The van der Waals surface area contributed by atoms with Crippen molar-refractivity contribution in [2.75, 3.05) is 31.2 Å². The van der Waals surface area contributed by atoms with Gasteiger partial charge in [-0.05, 0) is 47.5 Å². The second-order valence-electron chi connectivity index (χ2n) is 7.75. The summed E-state index contributed by atoms with van der Waals surface area (Å²) in [7, 11) is 0. The van der Waals surface area contributed by atoms with Gasteiger partial charge in [0.25, 0.3) is 0 Å². The van der Waals surface area contributed by atoms with Gasteiger partial charge in [-0.1, -0.05) is 0 Å². The van der Waals surface area contributed by atoms with Gasteiger partial charge in [-0.15, -0.1) is 0 Å². The Hall–Kier alpha value is -3.62. The number of aliphatic hydroxyl groups excluding tert-OH is 1. The summed E-state index contributed by atoms with van der Waals surface area (Å²) < 4.78 is 5.46. The summed E-state index contributed by atoms with van der Waals surface area (Å²) in [5.41, 5.74) is 6.47. The fraction of sp³-hybridized carbons (Fsp3) is 0.217. The molecule has 8 nitrogen and oxygen atoms in total. The van der Waals surface area contributed by atoms with Crippen molar-refractivity contribution in [3.8, 4) is 0 Å². The van der Waals surface area contributed by atoms with E-state index in [1.807, 2.05) is 36.7 Å². The topological polar surface area (TPSA) is 102 Å². The average Bonchev–Trinajstić information content (AvgIpc) is 3.46. The summed E-state index contributed by atoms with van der Waals surface area (Å²) in [5.74, 6) is 0.652. The lowest BCUT2D eigenvalue weighted by atomic mass is 9.99. The maximum Gasteiger partial charge on any atom is 0.154 e. The van der Waals surface area contributed by atoms with Crippen LogP contribution in [-0.2, 0) is 4.74 Å². The lowest BCUT2D eigenvalue weighted by Gasteiger charge is -2.28. The number of morpholine rings is 1. The van der Waals surface area contributed by atoms with Gasteiger partial charge >= 0.3 is 0 Å². The van der Waals surface area contributed by atoms with Crippen molar-refractivity contribution in [2.45, 2.75) is 6.23 Å². The van der Waals surface area contributed by atoms with Gasteiger partial charge in [0.15, 0.2) is 6.23 Å². The molecule has 3 aromatic heterocycles. The van der Waals surface area contributed by atoms with Gasteiger partial charge in [-0.3, -0.25) is 0 Å². The zero-order chi connectivity index (χ0) is 20.8.